The zero-order valence-corrected chi connectivity index (χ0v) is 12.0. The van der Waals surface area contributed by atoms with Crippen LogP contribution in [0.2, 0.25) is 0 Å². The van der Waals surface area contributed by atoms with Crippen molar-refractivity contribution in [1.29, 1.82) is 0 Å². The number of fused-ring (bicyclic) bond motifs is 1. The van der Waals surface area contributed by atoms with Gasteiger partial charge >= 0.3 is 0 Å². The van der Waals surface area contributed by atoms with Gasteiger partial charge in [-0.05, 0) is 39.7 Å². The number of hydrogen-bond acceptors (Lipinski definition) is 2. The van der Waals surface area contributed by atoms with Gasteiger partial charge in [0.15, 0.2) is 6.23 Å². The zero-order chi connectivity index (χ0) is 14.3. The fourth-order valence-electron chi connectivity index (χ4n) is 2.34. The smallest absolute Gasteiger partial charge is 0.256 e. The number of amides is 1. The summed E-state index contributed by atoms with van der Waals surface area (Å²) in [6.07, 6.45) is -0.981. The molecule has 0 bridgehead atoms. The van der Waals surface area contributed by atoms with Gasteiger partial charge in [-0.15, -0.1) is 0 Å². The molecule has 1 aliphatic rings. The van der Waals surface area contributed by atoms with E-state index in [0.717, 1.165) is 0 Å². The molecule has 1 aliphatic heterocycles. The first-order valence-corrected chi connectivity index (χ1v) is 6.89. The molecule has 20 heavy (non-hydrogen) atoms. The maximum Gasteiger partial charge on any atom is 0.256 e. The summed E-state index contributed by atoms with van der Waals surface area (Å²) >= 11 is 3.08. The number of rotatable bonds is 2. The van der Waals surface area contributed by atoms with Crippen molar-refractivity contribution < 1.29 is 14.3 Å². The average Bonchev–Trinajstić information content (AvgIpc) is 2.69. The number of aliphatic hydroxyl groups is 1. The Bertz CT molecular complexity index is 689. The molecule has 1 heterocycles. The van der Waals surface area contributed by atoms with Gasteiger partial charge in [0.2, 0.25) is 0 Å². The van der Waals surface area contributed by atoms with Crippen LogP contribution in [0.4, 0.5) is 4.39 Å². The fraction of sp³-hybridized carbons (Fsp3) is 0.133. The number of halogens is 2. The Kier molecular flexibility index (Phi) is 3.31. The summed E-state index contributed by atoms with van der Waals surface area (Å²) < 4.78 is 13.9. The monoisotopic (exact) mass is 335 g/mol. The molecule has 0 radical (unpaired) electrons. The van der Waals surface area contributed by atoms with Gasteiger partial charge in [-0.2, -0.15) is 0 Å². The predicted molar refractivity (Wildman–Crippen MR) is 75.4 cm³/mol. The van der Waals surface area contributed by atoms with Gasteiger partial charge in [-0.3, -0.25) is 4.79 Å². The molecular weight excluding hydrogens is 325 g/mol. The minimum absolute atomic E-state index is 0.166. The first kappa shape index (κ1) is 13.3. The normalized spacial score (nSPS) is 17.4. The second kappa shape index (κ2) is 5.00. The molecular formula is C15H11BrFNO2. The van der Waals surface area contributed by atoms with Gasteiger partial charge in [0.25, 0.3) is 5.91 Å². The maximum absolute atomic E-state index is 13.5. The summed E-state index contributed by atoms with van der Waals surface area (Å²) in [5.74, 6) is -0.627. The average molecular weight is 336 g/mol. The van der Waals surface area contributed by atoms with Crippen molar-refractivity contribution in [1.82, 2.24) is 4.90 Å². The summed E-state index contributed by atoms with van der Waals surface area (Å²) in [7, 11) is 0. The first-order chi connectivity index (χ1) is 9.58. The van der Waals surface area contributed by atoms with Crippen molar-refractivity contribution in [3.8, 4) is 0 Å². The van der Waals surface area contributed by atoms with Crippen LogP contribution >= 0.6 is 15.9 Å². The molecule has 1 unspecified atom stereocenters. The van der Waals surface area contributed by atoms with E-state index in [0.29, 0.717) is 21.2 Å². The van der Waals surface area contributed by atoms with E-state index in [1.165, 1.54) is 11.0 Å². The molecule has 0 fully saturated rings. The molecule has 0 spiro atoms. The lowest BCUT2D eigenvalue weighted by molar-refractivity contribution is 0.0137. The Balaban J connectivity index is 1.89. The lowest BCUT2D eigenvalue weighted by atomic mass is 10.1. The number of nitrogens with zero attached hydrogens (tertiary/aromatic N) is 1. The third-order valence-corrected chi connectivity index (χ3v) is 4.01. The molecule has 5 heteroatoms. The lowest BCUT2D eigenvalue weighted by Crippen LogP contribution is -2.27. The number of benzene rings is 2. The van der Waals surface area contributed by atoms with Crippen molar-refractivity contribution in [2.75, 3.05) is 0 Å². The minimum Gasteiger partial charge on any atom is -0.369 e. The summed E-state index contributed by atoms with van der Waals surface area (Å²) in [6, 6.07) is 11.6. The Labute approximate surface area is 123 Å². The number of hydrogen-bond donors (Lipinski definition) is 1. The zero-order valence-electron chi connectivity index (χ0n) is 10.4. The lowest BCUT2D eigenvalue weighted by Gasteiger charge is -2.21. The van der Waals surface area contributed by atoms with Gasteiger partial charge in [0.05, 0.1) is 4.47 Å². The standard InChI is InChI=1S/C15H11BrFNO2/c16-12-6-5-9(7-13(12)17)8-18-14(19)10-3-1-2-4-11(10)15(18)20/h1-7,14,19H,8H2. The summed E-state index contributed by atoms with van der Waals surface area (Å²) in [5.41, 5.74) is 1.72. The first-order valence-electron chi connectivity index (χ1n) is 6.10. The summed E-state index contributed by atoms with van der Waals surface area (Å²) in [4.78, 5) is 13.6. The summed E-state index contributed by atoms with van der Waals surface area (Å²) in [5, 5.41) is 10.2. The van der Waals surface area contributed by atoms with Crippen molar-refractivity contribution >= 4 is 21.8 Å². The minimum atomic E-state index is -0.981. The number of aliphatic hydroxyl groups excluding tert-OH is 1. The number of carbonyl (C=O) groups excluding carboxylic acids is 1. The molecule has 0 aromatic heterocycles. The molecule has 1 amide bonds. The number of carbonyl (C=O) groups is 1. The third kappa shape index (κ3) is 2.13. The van der Waals surface area contributed by atoms with Gasteiger partial charge in [-0.25, -0.2) is 4.39 Å². The van der Waals surface area contributed by atoms with Crippen molar-refractivity contribution in [3.05, 3.63) is 69.4 Å². The Morgan fingerprint density at radius 3 is 2.70 bits per heavy atom. The van der Waals surface area contributed by atoms with Crippen LogP contribution in [-0.2, 0) is 6.54 Å². The van der Waals surface area contributed by atoms with Crippen LogP contribution in [0, 0.1) is 5.82 Å². The third-order valence-electron chi connectivity index (χ3n) is 3.36. The largest absolute Gasteiger partial charge is 0.369 e. The van der Waals surface area contributed by atoms with Gasteiger partial charge in [-0.1, -0.05) is 24.3 Å². The van der Waals surface area contributed by atoms with Gasteiger partial charge in [0, 0.05) is 17.7 Å². The van der Waals surface area contributed by atoms with Gasteiger partial charge in [0.1, 0.15) is 5.82 Å². The van der Waals surface area contributed by atoms with Crippen molar-refractivity contribution in [2.45, 2.75) is 12.8 Å². The van der Waals surface area contributed by atoms with Crippen LogP contribution in [0.15, 0.2) is 46.9 Å². The highest BCUT2D eigenvalue weighted by atomic mass is 79.9. The highest BCUT2D eigenvalue weighted by Gasteiger charge is 2.34. The van der Waals surface area contributed by atoms with E-state index in [4.69, 9.17) is 0 Å². The SMILES string of the molecule is O=C1c2ccccc2C(O)N1Cc1ccc(Br)c(F)c1. The molecule has 2 aromatic carbocycles. The van der Waals surface area contributed by atoms with Crippen LogP contribution in [0.25, 0.3) is 0 Å². The quantitative estimate of drug-likeness (QED) is 0.915. The van der Waals surface area contributed by atoms with Crippen LogP contribution in [0.1, 0.15) is 27.7 Å². The molecule has 102 valence electrons. The molecule has 1 atom stereocenters. The fourth-order valence-corrected chi connectivity index (χ4v) is 2.59. The predicted octanol–water partition coefficient (Wildman–Crippen LogP) is 3.24. The maximum atomic E-state index is 13.5. The van der Waals surface area contributed by atoms with E-state index in [2.05, 4.69) is 15.9 Å². The van der Waals surface area contributed by atoms with E-state index in [-0.39, 0.29) is 18.3 Å². The second-order valence-corrected chi connectivity index (χ2v) is 5.50. The summed E-state index contributed by atoms with van der Waals surface area (Å²) in [6.45, 7) is 0.166. The van der Waals surface area contributed by atoms with Crippen molar-refractivity contribution in [3.63, 3.8) is 0 Å². The Morgan fingerprint density at radius 2 is 2.00 bits per heavy atom. The van der Waals surface area contributed by atoms with Crippen LogP contribution in [0.3, 0.4) is 0 Å². The molecule has 3 rings (SSSR count). The highest BCUT2D eigenvalue weighted by molar-refractivity contribution is 9.10. The molecule has 0 aliphatic carbocycles. The molecule has 1 N–H and O–H groups in total. The second-order valence-electron chi connectivity index (χ2n) is 4.64. The van der Waals surface area contributed by atoms with E-state index in [1.807, 2.05) is 0 Å². The topological polar surface area (TPSA) is 40.5 Å². The molecule has 2 aromatic rings. The van der Waals surface area contributed by atoms with E-state index < -0.39 is 6.23 Å². The van der Waals surface area contributed by atoms with E-state index in [9.17, 15) is 14.3 Å². The van der Waals surface area contributed by atoms with Gasteiger partial charge < -0.3 is 10.0 Å². The molecule has 0 saturated carbocycles. The molecule has 0 saturated heterocycles. The highest BCUT2D eigenvalue weighted by Crippen LogP contribution is 2.32. The van der Waals surface area contributed by atoms with Crippen LogP contribution in [-0.4, -0.2) is 15.9 Å². The van der Waals surface area contributed by atoms with Crippen LogP contribution in [0.5, 0.6) is 0 Å². The van der Waals surface area contributed by atoms with Crippen LogP contribution < -0.4 is 0 Å². The van der Waals surface area contributed by atoms with E-state index >= 15 is 0 Å². The van der Waals surface area contributed by atoms with E-state index in [1.54, 1.807) is 36.4 Å². The molecule has 3 nitrogen and oxygen atoms in total. The Morgan fingerprint density at radius 1 is 1.25 bits per heavy atom. The Hall–Kier alpha value is -1.72. The van der Waals surface area contributed by atoms with Crippen molar-refractivity contribution in [2.24, 2.45) is 0 Å².